The monoisotopic (exact) mass is 427 g/mol. The fourth-order valence-corrected chi connectivity index (χ4v) is 4.16. The van der Waals surface area contributed by atoms with E-state index < -0.39 is 0 Å². The molecule has 0 radical (unpaired) electrons. The van der Waals surface area contributed by atoms with Crippen LogP contribution in [0.4, 0.5) is 0 Å². The molecule has 0 bridgehead atoms. The van der Waals surface area contributed by atoms with Crippen molar-refractivity contribution in [2.75, 3.05) is 18.6 Å². The second-order valence-corrected chi connectivity index (χ2v) is 8.04. The number of thiophene rings is 1. The van der Waals surface area contributed by atoms with Crippen LogP contribution in [0.3, 0.4) is 0 Å². The lowest BCUT2D eigenvalue weighted by molar-refractivity contribution is -0.127. The highest BCUT2D eigenvalue weighted by Crippen LogP contribution is 2.30. The molecule has 0 saturated heterocycles. The number of halogens is 2. The Morgan fingerprint density at radius 1 is 1.35 bits per heavy atom. The molecule has 1 aromatic carbocycles. The quantitative estimate of drug-likeness (QED) is 0.478. The van der Waals surface area contributed by atoms with Gasteiger partial charge in [-0.05, 0) is 40.6 Å². The maximum Gasteiger partial charge on any atom is 0.233 e. The Kier molecular flexibility index (Phi) is 6.08. The van der Waals surface area contributed by atoms with Crippen LogP contribution in [0.15, 0.2) is 40.2 Å². The normalized spacial score (nSPS) is 10.9. The summed E-state index contributed by atoms with van der Waals surface area (Å²) in [5.74, 6) is 6.67. The smallest absolute Gasteiger partial charge is 0.233 e. The van der Waals surface area contributed by atoms with Gasteiger partial charge >= 0.3 is 0 Å². The van der Waals surface area contributed by atoms with Gasteiger partial charge in [-0.15, -0.1) is 10.2 Å². The molecule has 0 atom stereocenters. The van der Waals surface area contributed by atoms with Gasteiger partial charge in [0.25, 0.3) is 0 Å². The Balaban J connectivity index is 1.66. The van der Waals surface area contributed by atoms with Crippen molar-refractivity contribution in [3.63, 3.8) is 0 Å². The van der Waals surface area contributed by atoms with Crippen molar-refractivity contribution in [1.29, 1.82) is 0 Å². The lowest BCUT2D eigenvalue weighted by Gasteiger charge is -2.15. The van der Waals surface area contributed by atoms with E-state index in [2.05, 4.69) is 10.2 Å². The molecule has 2 heterocycles. The molecule has 0 unspecified atom stereocenters. The Labute approximate surface area is 168 Å². The maximum absolute atomic E-state index is 12.3. The maximum atomic E-state index is 12.3. The van der Waals surface area contributed by atoms with Crippen LogP contribution in [0.5, 0.6) is 0 Å². The molecule has 1 amide bonds. The molecule has 10 heteroatoms. The van der Waals surface area contributed by atoms with Crippen molar-refractivity contribution >= 4 is 52.2 Å². The van der Waals surface area contributed by atoms with Crippen molar-refractivity contribution < 1.29 is 4.79 Å². The predicted molar refractivity (Wildman–Crippen MR) is 107 cm³/mol. The predicted octanol–water partition coefficient (Wildman–Crippen LogP) is 3.78. The first-order chi connectivity index (χ1) is 12.5. The number of carbonyl (C=O) groups excluding carboxylic acids is 1. The van der Waals surface area contributed by atoms with E-state index in [1.54, 1.807) is 41.5 Å². The molecular formula is C16H15Cl2N5OS2. The number of carbonyl (C=O) groups is 1. The number of benzene rings is 1. The molecule has 26 heavy (non-hydrogen) atoms. The van der Waals surface area contributed by atoms with E-state index in [-0.39, 0.29) is 11.7 Å². The first kappa shape index (κ1) is 19.0. The van der Waals surface area contributed by atoms with Crippen LogP contribution in [0.2, 0.25) is 10.0 Å². The van der Waals surface area contributed by atoms with Crippen LogP contribution < -0.4 is 5.84 Å². The van der Waals surface area contributed by atoms with Crippen LogP contribution in [-0.4, -0.2) is 38.5 Å². The number of nitrogen functional groups attached to an aromatic ring is 1. The van der Waals surface area contributed by atoms with E-state index in [0.29, 0.717) is 33.1 Å². The number of amides is 1. The van der Waals surface area contributed by atoms with E-state index >= 15 is 0 Å². The van der Waals surface area contributed by atoms with Crippen LogP contribution in [0.25, 0.3) is 11.4 Å². The van der Waals surface area contributed by atoms with Crippen molar-refractivity contribution in [2.24, 2.45) is 0 Å². The molecule has 0 fully saturated rings. The second kappa shape index (κ2) is 8.30. The number of hydrogen-bond acceptors (Lipinski definition) is 6. The molecule has 136 valence electrons. The zero-order chi connectivity index (χ0) is 18.7. The Hall–Kier alpha value is -1.74. The summed E-state index contributed by atoms with van der Waals surface area (Å²) in [5.41, 5.74) is 1.73. The highest BCUT2D eigenvalue weighted by Gasteiger charge is 2.17. The average Bonchev–Trinajstić information content (AvgIpc) is 3.23. The zero-order valence-electron chi connectivity index (χ0n) is 13.7. The lowest BCUT2D eigenvalue weighted by Crippen LogP contribution is -2.27. The van der Waals surface area contributed by atoms with Crippen LogP contribution >= 0.6 is 46.3 Å². The minimum atomic E-state index is -0.0183. The van der Waals surface area contributed by atoms with Gasteiger partial charge in [0.2, 0.25) is 11.1 Å². The minimum Gasteiger partial charge on any atom is -0.341 e. The molecule has 2 N–H and O–H groups in total. The lowest BCUT2D eigenvalue weighted by atomic mass is 10.2. The first-order valence-electron chi connectivity index (χ1n) is 7.49. The molecule has 0 aliphatic heterocycles. The van der Waals surface area contributed by atoms with E-state index in [0.717, 1.165) is 5.56 Å². The molecule has 0 aliphatic rings. The molecule has 0 saturated carbocycles. The zero-order valence-corrected chi connectivity index (χ0v) is 16.9. The molecular weight excluding hydrogens is 413 g/mol. The third kappa shape index (κ3) is 4.32. The van der Waals surface area contributed by atoms with Crippen molar-refractivity contribution in [2.45, 2.75) is 11.7 Å². The summed E-state index contributed by atoms with van der Waals surface area (Å²) in [7, 11) is 1.77. The van der Waals surface area contributed by atoms with E-state index in [1.807, 2.05) is 16.8 Å². The number of rotatable bonds is 6. The summed E-state index contributed by atoms with van der Waals surface area (Å²) in [5, 5.41) is 13.5. The van der Waals surface area contributed by atoms with Gasteiger partial charge in [0.05, 0.1) is 10.8 Å². The molecule has 0 spiro atoms. The molecule has 2 aromatic heterocycles. The van der Waals surface area contributed by atoms with E-state index in [4.69, 9.17) is 29.0 Å². The number of hydrogen-bond donors (Lipinski definition) is 1. The van der Waals surface area contributed by atoms with E-state index in [1.165, 1.54) is 16.4 Å². The summed E-state index contributed by atoms with van der Waals surface area (Å²) in [6, 6.07) is 7.04. The first-order valence-corrected chi connectivity index (χ1v) is 10.2. The summed E-state index contributed by atoms with van der Waals surface area (Å²) >= 11 is 14.9. The number of aromatic nitrogens is 3. The van der Waals surface area contributed by atoms with E-state index in [9.17, 15) is 4.79 Å². The van der Waals surface area contributed by atoms with Crippen molar-refractivity contribution in [1.82, 2.24) is 19.8 Å². The van der Waals surface area contributed by atoms with Gasteiger partial charge in [-0.25, -0.2) is 4.68 Å². The number of thioether (sulfide) groups is 1. The SMILES string of the molecule is CN(Cc1ccsc1)C(=O)CSc1nnc(-c2ccc(Cl)cc2Cl)n1N. The largest absolute Gasteiger partial charge is 0.341 e. The third-order valence-electron chi connectivity index (χ3n) is 3.59. The molecule has 0 aliphatic carbocycles. The van der Waals surface area contributed by atoms with Crippen molar-refractivity contribution in [3.05, 3.63) is 50.6 Å². The summed E-state index contributed by atoms with van der Waals surface area (Å²) in [6.45, 7) is 0.573. The van der Waals surface area contributed by atoms with Crippen molar-refractivity contribution in [3.8, 4) is 11.4 Å². The van der Waals surface area contributed by atoms with Gasteiger partial charge in [-0.2, -0.15) is 11.3 Å². The average molecular weight is 428 g/mol. The van der Waals surface area contributed by atoms with Gasteiger partial charge in [0.15, 0.2) is 5.82 Å². The molecule has 3 aromatic rings. The van der Waals surface area contributed by atoms with Gasteiger partial charge in [0.1, 0.15) is 0 Å². The fraction of sp³-hybridized carbons (Fsp3) is 0.188. The third-order valence-corrected chi connectivity index (χ3v) is 5.79. The Morgan fingerprint density at radius 2 is 2.15 bits per heavy atom. The highest BCUT2D eigenvalue weighted by molar-refractivity contribution is 7.99. The fourth-order valence-electron chi connectivity index (χ4n) is 2.21. The highest BCUT2D eigenvalue weighted by atomic mass is 35.5. The summed E-state index contributed by atoms with van der Waals surface area (Å²) < 4.78 is 1.33. The summed E-state index contributed by atoms with van der Waals surface area (Å²) in [4.78, 5) is 14.0. The second-order valence-electron chi connectivity index (χ2n) is 5.47. The van der Waals surface area contributed by atoms with Gasteiger partial charge < -0.3 is 10.7 Å². The van der Waals surface area contributed by atoms with Gasteiger partial charge in [-0.1, -0.05) is 35.0 Å². The summed E-state index contributed by atoms with van der Waals surface area (Å²) in [6.07, 6.45) is 0. The van der Waals surface area contributed by atoms with Crippen LogP contribution in [0, 0.1) is 0 Å². The van der Waals surface area contributed by atoms with Gasteiger partial charge in [0, 0.05) is 24.2 Å². The molecule has 3 rings (SSSR count). The number of nitrogens with zero attached hydrogens (tertiary/aromatic N) is 4. The topological polar surface area (TPSA) is 77.0 Å². The van der Waals surface area contributed by atoms with Crippen LogP contribution in [0.1, 0.15) is 5.56 Å². The van der Waals surface area contributed by atoms with Crippen LogP contribution in [-0.2, 0) is 11.3 Å². The Morgan fingerprint density at radius 3 is 2.85 bits per heavy atom. The minimum absolute atomic E-state index is 0.0183. The number of nitrogens with two attached hydrogens (primary N) is 1. The Bertz CT molecular complexity index is 914. The molecule has 6 nitrogen and oxygen atoms in total. The van der Waals surface area contributed by atoms with Gasteiger partial charge in [-0.3, -0.25) is 4.79 Å². The standard InChI is InChI=1S/C16H15Cl2N5OS2/c1-22(7-10-4-5-25-8-10)14(24)9-26-16-21-20-15(23(16)19)12-3-2-11(17)6-13(12)18/h2-6,8H,7,9,19H2,1H3.